The molecule has 1 aliphatic rings. The van der Waals surface area contributed by atoms with Gasteiger partial charge in [0.25, 0.3) is 5.56 Å². The lowest BCUT2D eigenvalue weighted by Crippen LogP contribution is -2.53. The minimum absolute atomic E-state index is 0.172. The minimum Gasteiger partial charge on any atom is -0.337 e. The van der Waals surface area contributed by atoms with Crippen molar-refractivity contribution in [1.82, 2.24) is 9.47 Å². The summed E-state index contributed by atoms with van der Waals surface area (Å²) in [6.07, 6.45) is 2.84. The summed E-state index contributed by atoms with van der Waals surface area (Å²) in [5.41, 5.74) is 1.25. The van der Waals surface area contributed by atoms with Gasteiger partial charge in [-0.05, 0) is 29.8 Å². The predicted molar refractivity (Wildman–Crippen MR) is 100 cm³/mol. The number of hydrogen-bond donors (Lipinski definition) is 1. The Balaban J connectivity index is 1.66. The van der Waals surface area contributed by atoms with Gasteiger partial charge in [0.1, 0.15) is 0 Å². The first kappa shape index (κ1) is 17.9. The highest BCUT2D eigenvalue weighted by molar-refractivity contribution is 6.30. The van der Waals surface area contributed by atoms with Crippen molar-refractivity contribution in [2.75, 3.05) is 18.4 Å². The van der Waals surface area contributed by atoms with E-state index in [1.165, 1.54) is 16.7 Å². The van der Waals surface area contributed by atoms with Crippen molar-refractivity contribution in [2.24, 2.45) is 5.92 Å². The van der Waals surface area contributed by atoms with Crippen molar-refractivity contribution in [3.8, 4) is 0 Å². The van der Waals surface area contributed by atoms with Crippen LogP contribution in [0.1, 0.15) is 5.56 Å². The Bertz CT molecular complexity index is 916. The van der Waals surface area contributed by atoms with Gasteiger partial charge < -0.3 is 14.8 Å². The molecule has 1 fully saturated rings. The SMILES string of the molecule is C=CC(=O)N1CC(C(=O)Nc2ccc(=O)n(Cc3cccc(Cl)c3)c2)C1. The molecule has 134 valence electrons. The van der Waals surface area contributed by atoms with E-state index in [1.54, 1.807) is 29.3 Å². The first-order valence-corrected chi connectivity index (χ1v) is 8.51. The maximum Gasteiger partial charge on any atom is 0.250 e. The molecule has 3 rings (SSSR count). The quantitative estimate of drug-likeness (QED) is 0.818. The number of nitrogens with one attached hydrogen (secondary N) is 1. The zero-order valence-corrected chi connectivity index (χ0v) is 14.8. The van der Waals surface area contributed by atoms with E-state index >= 15 is 0 Å². The van der Waals surface area contributed by atoms with Gasteiger partial charge in [0.05, 0.1) is 18.2 Å². The van der Waals surface area contributed by atoms with Crippen LogP contribution in [-0.2, 0) is 16.1 Å². The van der Waals surface area contributed by atoms with Gasteiger partial charge in [0.15, 0.2) is 0 Å². The van der Waals surface area contributed by atoms with Gasteiger partial charge in [0, 0.05) is 30.4 Å². The molecular weight excluding hydrogens is 354 g/mol. The molecule has 1 saturated heterocycles. The second-order valence-corrected chi connectivity index (χ2v) is 6.58. The fourth-order valence-electron chi connectivity index (χ4n) is 2.76. The largest absolute Gasteiger partial charge is 0.337 e. The maximum absolute atomic E-state index is 12.3. The lowest BCUT2D eigenvalue weighted by Gasteiger charge is -2.37. The smallest absolute Gasteiger partial charge is 0.250 e. The van der Waals surface area contributed by atoms with Crippen molar-refractivity contribution in [2.45, 2.75) is 6.54 Å². The number of pyridine rings is 1. The van der Waals surface area contributed by atoms with Crippen LogP contribution < -0.4 is 10.9 Å². The molecule has 1 aromatic carbocycles. The van der Waals surface area contributed by atoms with Crippen LogP contribution in [0.5, 0.6) is 0 Å². The zero-order chi connectivity index (χ0) is 18.7. The van der Waals surface area contributed by atoms with Crippen LogP contribution >= 0.6 is 11.6 Å². The summed E-state index contributed by atoms with van der Waals surface area (Å²) >= 11 is 5.97. The lowest BCUT2D eigenvalue weighted by molar-refractivity contribution is -0.137. The number of carbonyl (C=O) groups is 2. The number of rotatable bonds is 5. The van der Waals surface area contributed by atoms with Crippen molar-refractivity contribution in [1.29, 1.82) is 0 Å². The Morgan fingerprint density at radius 1 is 1.27 bits per heavy atom. The highest BCUT2D eigenvalue weighted by Gasteiger charge is 2.34. The molecule has 26 heavy (non-hydrogen) atoms. The average Bonchev–Trinajstić information content (AvgIpc) is 2.56. The van der Waals surface area contributed by atoms with Crippen LogP contribution in [0.15, 0.2) is 60.0 Å². The molecule has 0 saturated carbocycles. The number of carbonyl (C=O) groups excluding carboxylic acids is 2. The molecule has 6 nitrogen and oxygen atoms in total. The Kier molecular flexibility index (Phi) is 5.23. The first-order valence-electron chi connectivity index (χ1n) is 8.13. The maximum atomic E-state index is 12.3. The number of likely N-dealkylation sites (tertiary alicyclic amines) is 1. The Hall–Kier alpha value is -2.86. The van der Waals surface area contributed by atoms with Crippen LogP contribution in [0.3, 0.4) is 0 Å². The molecule has 0 radical (unpaired) electrons. The highest BCUT2D eigenvalue weighted by Crippen LogP contribution is 2.18. The summed E-state index contributed by atoms with van der Waals surface area (Å²) in [6.45, 7) is 4.53. The number of anilines is 1. The van der Waals surface area contributed by atoms with E-state index in [9.17, 15) is 14.4 Å². The van der Waals surface area contributed by atoms with Crippen molar-refractivity contribution in [3.63, 3.8) is 0 Å². The third kappa shape index (κ3) is 4.03. The van der Waals surface area contributed by atoms with E-state index in [0.29, 0.717) is 30.3 Å². The molecule has 0 unspecified atom stereocenters. The molecule has 0 bridgehead atoms. The van der Waals surface area contributed by atoms with Crippen LogP contribution in [0.25, 0.3) is 0 Å². The molecule has 7 heteroatoms. The van der Waals surface area contributed by atoms with E-state index in [1.807, 2.05) is 12.1 Å². The van der Waals surface area contributed by atoms with Crippen molar-refractivity contribution >= 4 is 29.1 Å². The molecule has 2 heterocycles. The molecule has 1 aliphatic heterocycles. The summed E-state index contributed by atoms with van der Waals surface area (Å²) in [5.74, 6) is -0.609. The van der Waals surface area contributed by atoms with E-state index in [-0.39, 0.29) is 23.3 Å². The van der Waals surface area contributed by atoms with Crippen LogP contribution in [0, 0.1) is 5.92 Å². The van der Waals surface area contributed by atoms with E-state index < -0.39 is 0 Å². The molecule has 1 aromatic heterocycles. The predicted octanol–water partition coefficient (Wildman–Crippen LogP) is 2.13. The number of hydrogen-bond acceptors (Lipinski definition) is 3. The normalized spacial score (nSPS) is 13.8. The third-order valence-corrected chi connectivity index (χ3v) is 4.47. The van der Waals surface area contributed by atoms with Crippen LogP contribution in [0.2, 0.25) is 5.02 Å². The molecule has 0 spiro atoms. The van der Waals surface area contributed by atoms with Gasteiger partial charge in [0.2, 0.25) is 11.8 Å². The first-order chi connectivity index (χ1) is 12.5. The van der Waals surface area contributed by atoms with Crippen molar-refractivity contribution < 1.29 is 9.59 Å². The van der Waals surface area contributed by atoms with E-state index in [0.717, 1.165) is 5.56 Å². The van der Waals surface area contributed by atoms with E-state index in [4.69, 9.17) is 11.6 Å². The summed E-state index contributed by atoms with van der Waals surface area (Å²) in [6, 6.07) is 10.2. The summed E-state index contributed by atoms with van der Waals surface area (Å²) in [7, 11) is 0. The molecule has 0 atom stereocenters. The van der Waals surface area contributed by atoms with Gasteiger partial charge in [-0.25, -0.2) is 0 Å². The molecule has 2 aromatic rings. The second kappa shape index (κ2) is 7.58. The van der Waals surface area contributed by atoms with Crippen molar-refractivity contribution in [3.05, 3.63) is 76.2 Å². The molecule has 0 aliphatic carbocycles. The van der Waals surface area contributed by atoms with Gasteiger partial charge >= 0.3 is 0 Å². The topological polar surface area (TPSA) is 71.4 Å². The van der Waals surface area contributed by atoms with Gasteiger partial charge in [-0.1, -0.05) is 30.3 Å². The molecule has 1 N–H and O–H groups in total. The number of halogens is 1. The van der Waals surface area contributed by atoms with Gasteiger partial charge in [-0.3, -0.25) is 14.4 Å². The number of benzene rings is 1. The Morgan fingerprint density at radius 2 is 2.04 bits per heavy atom. The minimum atomic E-state index is -0.257. The number of nitrogens with zero attached hydrogens (tertiary/aromatic N) is 2. The summed E-state index contributed by atoms with van der Waals surface area (Å²) in [4.78, 5) is 37.3. The van der Waals surface area contributed by atoms with Gasteiger partial charge in [-0.15, -0.1) is 0 Å². The summed E-state index contributed by atoms with van der Waals surface area (Å²) in [5, 5.41) is 3.40. The Morgan fingerprint density at radius 3 is 2.73 bits per heavy atom. The van der Waals surface area contributed by atoms with Crippen LogP contribution in [-0.4, -0.2) is 34.4 Å². The number of amides is 2. The Labute approximate surface area is 155 Å². The van der Waals surface area contributed by atoms with E-state index in [2.05, 4.69) is 11.9 Å². The zero-order valence-electron chi connectivity index (χ0n) is 14.0. The standard InChI is InChI=1S/C19H18ClN3O3/c1-2-17(24)23-10-14(11-23)19(26)21-16-6-7-18(25)22(12-16)9-13-4-3-5-15(20)8-13/h2-8,12,14H,1,9-11H2,(H,21,26). The lowest BCUT2D eigenvalue weighted by atomic mass is 9.99. The van der Waals surface area contributed by atoms with Crippen LogP contribution in [0.4, 0.5) is 5.69 Å². The molecular formula is C19H18ClN3O3. The fraction of sp³-hybridized carbons (Fsp3) is 0.211. The summed E-state index contributed by atoms with van der Waals surface area (Å²) < 4.78 is 1.51. The monoisotopic (exact) mass is 371 g/mol. The molecule has 2 amide bonds. The number of aromatic nitrogens is 1. The fourth-order valence-corrected chi connectivity index (χ4v) is 2.97. The average molecular weight is 372 g/mol. The van der Waals surface area contributed by atoms with Gasteiger partial charge in [-0.2, -0.15) is 0 Å². The highest BCUT2D eigenvalue weighted by atomic mass is 35.5. The third-order valence-electron chi connectivity index (χ3n) is 4.23. The second-order valence-electron chi connectivity index (χ2n) is 6.15.